The first-order valence-corrected chi connectivity index (χ1v) is 6.82. The monoisotopic (exact) mass is 264 g/mol. The highest BCUT2D eigenvalue weighted by molar-refractivity contribution is 5.67. The largest absolute Gasteiger partial charge is 0.493 e. The molecule has 0 spiro atoms. The Bertz CT molecular complexity index is 430. The molecule has 0 amide bonds. The van der Waals surface area contributed by atoms with Gasteiger partial charge in [0.05, 0.1) is 6.61 Å². The lowest BCUT2D eigenvalue weighted by Gasteiger charge is -2.21. The first kappa shape index (κ1) is 15.5. The van der Waals surface area contributed by atoms with Gasteiger partial charge in [-0.05, 0) is 35.4 Å². The second-order valence-corrected chi connectivity index (χ2v) is 5.81. The summed E-state index contributed by atoms with van der Waals surface area (Å²) in [6, 6.07) is 6.11. The van der Waals surface area contributed by atoms with E-state index >= 15 is 0 Å². The maximum atomic E-state index is 10.7. The normalized spacial score (nSPS) is 11.4. The minimum atomic E-state index is -0.775. The lowest BCUT2D eigenvalue weighted by molar-refractivity contribution is -0.136. The van der Waals surface area contributed by atoms with Crippen molar-refractivity contribution in [3.8, 4) is 5.75 Å². The SMILES string of the molecule is CCCOc1ccc(C(C)(C)C)cc1CCC(=O)O. The molecule has 0 heterocycles. The zero-order valence-electron chi connectivity index (χ0n) is 12.3. The summed E-state index contributed by atoms with van der Waals surface area (Å²) >= 11 is 0. The minimum absolute atomic E-state index is 0.0568. The molecule has 1 rings (SSSR count). The maximum Gasteiger partial charge on any atom is 0.303 e. The highest BCUT2D eigenvalue weighted by Gasteiger charge is 2.16. The zero-order valence-corrected chi connectivity index (χ0v) is 12.3. The van der Waals surface area contributed by atoms with E-state index in [4.69, 9.17) is 9.84 Å². The Labute approximate surface area is 115 Å². The second kappa shape index (κ2) is 6.60. The van der Waals surface area contributed by atoms with Crippen molar-refractivity contribution in [3.05, 3.63) is 29.3 Å². The average Bonchev–Trinajstić information content (AvgIpc) is 2.33. The van der Waals surface area contributed by atoms with E-state index in [1.54, 1.807) is 0 Å². The first-order valence-electron chi connectivity index (χ1n) is 6.82. The molecule has 0 fully saturated rings. The molecule has 19 heavy (non-hydrogen) atoms. The Morgan fingerprint density at radius 3 is 2.53 bits per heavy atom. The molecule has 1 aromatic rings. The van der Waals surface area contributed by atoms with E-state index in [9.17, 15) is 4.79 Å². The number of rotatable bonds is 6. The summed E-state index contributed by atoms with van der Waals surface area (Å²) in [7, 11) is 0. The van der Waals surface area contributed by atoms with Crippen LogP contribution >= 0.6 is 0 Å². The van der Waals surface area contributed by atoms with E-state index in [0.717, 1.165) is 17.7 Å². The van der Waals surface area contributed by atoms with Crippen LogP contribution < -0.4 is 4.74 Å². The molecule has 0 aliphatic heterocycles. The van der Waals surface area contributed by atoms with E-state index in [1.807, 2.05) is 6.07 Å². The molecular formula is C16H24O3. The summed E-state index contributed by atoms with van der Waals surface area (Å²) in [5, 5.41) is 8.83. The van der Waals surface area contributed by atoms with Gasteiger partial charge in [-0.15, -0.1) is 0 Å². The molecule has 0 saturated carbocycles. The molecule has 1 aromatic carbocycles. The number of carboxylic acid groups (broad SMARTS) is 1. The molecule has 0 radical (unpaired) electrons. The van der Waals surface area contributed by atoms with Gasteiger partial charge in [-0.2, -0.15) is 0 Å². The standard InChI is InChI=1S/C16H24O3/c1-5-10-19-14-8-7-13(16(2,3)4)11-12(14)6-9-15(17)18/h7-8,11H,5-6,9-10H2,1-4H3,(H,17,18). The van der Waals surface area contributed by atoms with Crippen molar-refractivity contribution in [3.63, 3.8) is 0 Å². The van der Waals surface area contributed by atoms with Gasteiger partial charge in [-0.25, -0.2) is 0 Å². The van der Waals surface area contributed by atoms with Crippen molar-refractivity contribution in [2.24, 2.45) is 0 Å². The average molecular weight is 264 g/mol. The number of carboxylic acids is 1. The predicted molar refractivity (Wildman–Crippen MR) is 76.9 cm³/mol. The Kier molecular flexibility index (Phi) is 5.40. The number of carbonyl (C=O) groups is 1. The summed E-state index contributed by atoms with van der Waals surface area (Å²) in [6.45, 7) is 9.16. The highest BCUT2D eigenvalue weighted by Crippen LogP contribution is 2.29. The summed E-state index contributed by atoms with van der Waals surface area (Å²) in [5.41, 5.74) is 2.25. The molecule has 3 heteroatoms. The molecule has 0 unspecified atom stereocenters. The van der Waals surface area contributed by atoms with Crippen molar-refractivity contribution >= 4 is 5.97 Å². The lowest BCUT2D eigenvalue weighted by Crippen LogP contribution is -2.12. The van der Waals surface area contributed by atoms with Gasteiger partial charge in [0.2, 0.25) is 0 Å². The van der Waals surface area contributed by atoms with Crippen molar-refractivity contribution in [1.29, 1.82) is 0 Å². The van der Waals surface area contributed by atoms with Gasteiger partial charge >= 0.3 is 5.97 Å². The Morgan fingerprint density at radius 1 is 1.32 bits per heavy atom. The fourth-order valence-corrected chi connectivity index (χ4v) is 1.84. The number of benzene rings is 1. The number of hydrogen-bond acceptors (Lipinski definition) is 2. The molecule has 0 aromatic heterocycles. The third kappa shape index (κ3) is 4.93. The maximum absolute atomic E-state index is 10.7. The van der Waals surface area contributed by atoms with E-state index in [0.29, 0.717) is 13.0 Å². The van der Waals surface area contributed by atoms with Crippen LogP contribution in [0.1, 0.15) is 51.7 Å². The minimum Gasteiger partial charge on any atom is -0.493 e. The van der Waals surface area contributed by atoms with Crippen LogP contribution in [0, 0.1) is 0 Å². The third-order valence-electron chi connectivity index (χ3n) is 3.00. The summed E-state index contributed by atoms with van der Waals surface area (Å²) in [4.78, 5) is 10.7. The van der Waals surface area contributed by atoms with Crippen LogP contribution in [0.15, 0.2) is 18.2 Å². The van der Waals surface area contributed by atoms with Crippen LogP contribution in [0.4, 0.5) is 0 Å². The van der Waals surface area contributed by atoms with Crippen molar-refractivity contribution in [2.75, 3.05) is 6.61 Å². The fourth-order valence-electron chi connectivity index (χ4n) is 1.84. The van der Waals surface area contributed by atoms with Crippen LogP contribution in [-0.4, -0.2) is 17.7 Å². The topological polar surface area (TPSA) is 46.5 Å². The summed E-state index contributed by atoms with van der Waals surface area (Å²) in [5.74, 6) is 0.0405. The van der Waals surface area contributed by atoms with Crippen LogP contribution in [0.2, 0.25) is 0 Å². The highest BCUT2D eigenvalue weighted by atomic mass is 16.5. The Balaban J connectivity index is 2.99. The van der Waals surface area contributed by atoms with Gasteiger partial charge in [0.1, 0.15) is 5.75 Å². The second-order valence-electron chi connectivity index (χ2n) is 5.81. The van der Waals surface area contributed by atoms with Gasteiger partial charge in [-0.1, -0.05) is 39.8 Å². The van der Waals surface area contributed by atoms with Crippen LogP contribution in [0.3, 0.4) is 0 Å². The van der Waals surface area contributed by atoms with Crippen LogP contribution in [0.25, 0.3) is 0 Å². The van der Waals surface area contributed by atoms with E-state index in [1.165, 1.54) is 5.56 Å². The molecule has 106 valence electrons. The quantitative estimate of drug-likeness (QED) is 0.850. The molecule has 0 saturated heterocycles. The molecule has 0 bridgehead atoms. The molecule has 0 aliphatic rings. The van der Waals surface area contributed by atoms with E-state index in [-0.39, 0.29) is 11.8 Å². The molecular weight excluding hydrogens is 240 g/mol. The van der Waals surface area contributed by atoms with E-state index in [2.05, 4.69) is 39.8 Å². The third-order valence-corrected chi connectivity index (χ3v) is 3.00. The number of ether oxygens (including phenoxy) is 1. The fraction of sp³-hybridized carbons (Fsp3) is 0.562. The van der Waals surface area contributed by atoms with Crippen molar-refractivity contribution in [1.82, 2.24) is 0 Å². The van der Waals surface area contributed by atoms with Crippen molar-refractivity contribution < 1.29 is 14.6 Å². The number of aliphatic carboxylic acids is 1. The summed E-state index contributed by atoms with van der Waals surface area (Å²) < 4.78 is 5.69. The lowest BCUT2D eigenvalue weighted by atomic mass is 9.85. The van der Waals surface area contributed by atoms with Gasteiger partial charge < -0.3 is 9.84 Å². The van der Waals surface area contributed by atoms with Crippen LogP contribution in [0.5, 0.6) is 5.75 Å². The number of aryl methyl sites for hydroxylation is 1. The predicted octanol–water partition coefficient (Wildman–Crippen LogP) is 3.79. The van der Waals surface area contributed by atoms with E-state index < -0.39 is 5.97 Å². The Hall–Kier alpha value is -1.51. The van der Waals surface area contributed by atoms with Crippen molar-refractivity contribution in [2.45, 2.75) is 52.4 Å². The molecule has 0 atom stereocenters. The Morgan fingerprint density at radius 2 is 2.00 bits per heavy atom. The van der Waals surface area contributed by atoms with Gasteiger partial charge in [0.15, 0.2) is 0 Å². The smallest absolute Gasteiger partial charge is 0.303 e. The van der Waals surface area contributed by atoms with Gasteiger partial charge in [0, 0.05) is 6.42 Å². The molecule has 0 aliphatic carbocycles. The zero-order chi connectivity index (χ0) is 14.5. The first-order chi connectivity index (χ1) is 8.84. The van der Waals surface area contributed by atoms with Gasteiger partial charge in [-0.3, -0.25) is 4.79 Å². The summed E-state index contributed by atoms with van der Waals surface area (Å²) in [6.07, 6.45) is 1.59. The molecule has 1 N–H and O–H groups in total. The van der Waals surface area contributed by atoms with Gasteiger partial charge in [0.25, 0.3) is 0 Å². The number of hydrogen-bond donors (Lipinski definition) is 1. The molecule has 3 nitrogen and oxygen atoms in total. The van der Waals surface area contributed by atoms with Crippen LogP contribution in [-0.2, 0) is 16.6 Å².